The Morgan fingerprint density at radius 2 is 2.06 bits per heavy atom. The largest absolute Gasteiger partial charge is 0.465 e. The van der Waals surface area contributed by atoms with E-state index in [0.29, 0.717) is 17.5 Å². The molecular weight excluding hydrogens is 222 g/mol. The van der Waals surface area contributed by atoms with Crippen molar-refractivity contribution in [3.8, 4) is 0 Å². The van der Waals surface area contributed by atoms with Crippen LogP contribution < -0.4 is 5.32 Å². The van der Waals surface area contributed by atoms with Crippen molar-refractivity contribution in [1.29, 1.82) is 0 Å². The Balaban J connectivity index is 1.96. The summed E-state index contributed by atoms with van der Waals surface area (Å²) in [5.41, 5.74) is 0.466. The molecule has 0 aliphatic heterocycles. The molecule has 0 aromatic carbocycles. The normalized spacial score (nSPS) is 29.2. The van der Waals surface area contributed by atoms with E-state index in [1.165, 1.54) is 19.3 Å². The summed E-state index contributed by atoms with van der Waals surface area (Å²) in [6, 6.07) is 5.06. The number of rotatable bonds is 3. The predicted molar refractivity (Wildman–Crippen MR) is 75.6 cm³/mol. The van der Waals surface area contributed by atoms with Gasteiger partial charge in [-0.2, -0.15) is 0 Å². The Morgan fingerprint density at radius 1 is 1.33 bits per heavy atom. The van der Waals surface area contributed by atoms with E-state index in [2.05, 4.69) is 39.1 Å². The van der Waals surface area contributed by atoms with Crippen LogP contribution in [0.25, 0.3) is 0 Å². The minimum Gasteiger partial charge on any atom is -0.465 e. The molecule has 2 rings (SSSR count). The van der Waals surface area contributed by atoms with Crippen molar-refractivity contribution >= 4 is 0 Å². The predicted octanol–water partition coefficient (Wildman–Crippen LogP) is 4.45. The molecule has 1 saturated carbocycles. The molecular formula is C16H27NO. The SMILES string of the molecule is Cc1ccc(C(C)NC2CC(C)CC(C)(C)C2)o1. The van der Waals surface area contributed by atoms with Crippen LogP contribution in [0.1, 0.15) is 64.5 Å². The van der Waals surface area contributed by atoms with Gasteiger partial charge >= 0.3 is 0 Å². The molecule has 1 aliphatic rings. The maximum Gasteiger partial charge on any atom is 0.120 e. The van der Waals surface area contributed by atoms with E-state index < -0.39 is 0 Å². The lowest BCUT2D eigenvalue weighted by molar-refractivity contribution is 0.143. The van der Waals surface area contributed by atoms with Gasteiger partial charge in [0.2, 0.25) is 0 Å². The number of furan rings is 1. The van der Waals surface area contributed by atoms with Crippen LogP contribution in [0.4, 0.5) is 0 Å². The summed E-state index contributed by atoms with van der Waals surface area (Å²) in [6.07, 6.45) is 3.90. The molecule has 1 aliphatic carbocycles. The molecule has 102 valence electrons. The lowest BCUT2D eigenvalue weighted by Gasteiger charge is -2.40. The van der Waals surface area contributed by atoms with E-state index in [4.69, 9.17) is 4.42 Å². The summed E-state index contributed by atoms with van der Waals surface area (Å²) in [5, 5.41) is 3.74. The Kier molecular flexibility index (Phi) is 3.86. The highest BCUT2D eigenvalue weighted by Gasteiger charge is 2.32. The summed E-state index contributed by atoms with van der Waals surface area (Å²) in [6.45, 7) is 11.3. The summed E-state index contributed by atoms with van der Waals surface area (Å²) in [5.74, 6) is 2.87. The highest BCUT2D eigenvalue weighted by molar-refractivity contribution is 5.09. The average Bonchev–Trinajstić information content (AvgIpc) is 2.61. The zero-order valence-electron chi connectivity index (χ0n) is 12.4. The molecule has 1 aromatic rings. The van der Waals surface area contributed by atoms with E-state index in [-0.39, 0.29) is 0 Å². The van der Waals surface area contributed by atoms with Crippen molar-refractivity contribution in [1.82, 2.24) is 5.32 Å². The monoisotopic (exact) mass is 249 g/mol. The van der Waals surface area contributed by atoms with Crippen LogP contribution in [0.3, 0.4) is 0 Å². The first-order chi connectivity index (χ1) is 8.35. The van der Waals surface area contributed by atoms with Crippen molar-refractivity contribution in [3.05, 3.63) is 23.7 Å². The average molecular weight is 249 g/mol. The number of hydrogen-bond acceptors (Lipinski definition) is 2. The molecule has 1 aromatic heterocycles. The molecule has 2 nitrogen and oxygen atoms in total. The maximum absolute atomic E-state index is 5.70. The van der Waals surface area contributed by atoms with Gasteiger partial charge in [0.15, 0.2) is 0 Å². The molecule has 2 heteroatoms. The molecule has 0 radical (unpaired) electrons. The van der Waals surface area contributed by atoms with E-state index in [1.54, 1.807) is 0 Å². The molecule has 3 unspecified atom stereocenters. The van der Waals surface area contributed by atoms with Gasteiger partial charge in [-0.3, -0.25) is 0 Å². The highest BCUT2D eigenvalue weighted by Crippen LogP contribution is 2.39. The van der Waals surface area contributed by atoms with E-state index >= 15 is 0 Å². The second-order valence-electron chi connectivity index (χ2n) is 6.95. The van der Waals surface area contributed by atoms with Gasteiger partial charge in [0, 0.05) is 6.04 Å². The summed E-state index contributed by atoms with van der Waals surface area (Å²) in [4.78, 5) is 0. The molecule has 0 bridgehead atoms. The van der Waals surface area contributed by atoms with E-state index in [1.807, 2.05) is 13.0 Å². The third-order valence-electron chi connectivity index (χ3n) is 4.06. The van der Waals surface area contributed by atoms with Crippen molar-refractivity contribution in [3.63, 3.8) is 0 Å². The quantitative estimate of drug-likeness (QED) is 0.856. The van der Waals surface area contributed by atoms with Crippen LogP contribution in [0, 0.1) is 18.3 Å². The Bertz CT molecular complexity index is 394. The van der Waals surface area contributed by atoms with E-state index in [0.717, 1.165) is 17.4 Å². The highest BCUT2D eigenvalue weighted by atomic mass is 16.3. The molecule has 0 saturated heterocycles. The van der Waals surface area contributed by atoms with Crippen molar-refractivity contribution in [2.75, 3.05) is 0 Å². The smallest absolute Gasteiger partial charge is 0.120 e. The minimum absolute atomic E-state index is 0.310. The van der Waals surface area contributed by atoms with Gasteiger partial charge < -0.3 is 9.73 Å². The van der Waals surface area contributed by atoms with Crippen LogP contribution in [0.5, 0.6) is 0 Å². The van der Waals surface area contributed by atoms with Gasteiger partial charge in [-0.1, -0.05) is 20.8 Å². The zero-order chi connectivity index (χ0) is 13.3. The Morgan fingerprint density at radius 3 is 2.61 bits per heavy atom. The Hall–Kier alpha value is -0.760. The van der Waals surface area contributed by atoms with Crippen LogP contribution >= 0.6 is 0 Å². The molecule has 0 spiro atoms. The summed E-state index contributed by atoms with van der Waals surface area (Å²) in [7, 11) is 0. The first-order valence-electron chi connectivity index (χ1n) is 7.18. The fourth-order valence-electron chi connectivity index (χ4n) is 3.59. The third kappa shape index (κ3) is 3.38. The summed E-state index contributed by atoms with van der Waals surface area (Å²) >= 11 is 0. The Labute approximate surface area is 111 Å². The third-order valence-corrected chi connectivity index (χ3v) is 4.06. The van der Waals surface area contributed by atoms with Gasteiger partial charge in [-0.05, 0) is 56.6 Å². The molecule has 1 fully saturated rings. The molecule has 1 N–H and O–H groups in total. The van der Waals surface area contributed by atoms with Crippen LogP contribution in [0.2, 0.25) is 0 Å². The maximum atomic E-state index is 5.70. The molecule has 3 atom stereocenters. The molecule has 18 heavy (non-hydrogen) atoms. The van der Waals surface area contributed by atoms with Gasteiger partial charge in [-0.15, -0.1) is 0 Å². The lowest BCUT2D eigenvalue weighted by Crippen LogP contribution is -2.41. The lowest BCUT2D eigenvalue weighted by atomic mass is 9.70. The minimum atomic E-state index is 0.310. The van der Waals surface area contributed by atoms with Crippen LogP contribution in [-0.4, -0.2) is 6.04 Å². The summed E-state index contributed by atoms with van der Waals surface area (Å²) < 4.78 is 5.70. The van der Waals surface area contributed by atoms with Crippen LogP contribution in [0.15, 0.2) is 16.5 Å². The number of hydrogen-bond donors (Lipinski definition) is 1. The fraction of sp³-hybridized carbons (Fsp3) is 0.750. The van der Waals surface area contributed by atoms with Gasteiger partial charge in [0.05, 0.1) is 6.04 Å². The van der Waals surface area contributed by atoms with Crippen molar-refractivity contribution < 1.29 is 4.42 Å². The second-order valence-corrected chi connectivity index (χ2v) is 6.95. The fourth-order valence-corrected chi connectivity index (χ4v) is 3.59. The first kappa shape index (κ1) is 13.7. The van der Waals surface area contributed by atoms with Crippen molar-refractivity contribution in [2.24, 2.45) is 11.3 Å². The van der Waals surface area contributed by atoms with Gasteiger partial charge in [0.25, 0.3) is 0 Å². The number of aryl methyl sites for hydroxylation is 1. The van der Waals surface area contributed by atoms with E-state index in [9.17, 15) is 0 Å². The van der Waals surface area contributed by atoms with Crippen molar-refractivity contribution in [2.45, 2.75) is 66.0 Å². The number of nitrogens with one attached hydrogen (secondary N) is 1. The van der Waals surface area contributed by atoms with Gasteiger partial charge in [-0.25, -0.2) is 0 Å². The van der Waals surface area contributed by atoms with Gasteiger partial charge in [0.1, 0.15) is 11.5 Å². The second kappa shape index (κ2) is 5.08. The molecule has 1 heterocycles. The molecule has 0 amide bonds. The topological polar surface area (TPSA) is 25.2 Å². The zero-order valence-corrected chi connectivity index (χ0v) is 12.4. The standard InChI is InChI=1S/C16H27NO/c1-11-8-14(10-16(4,5)9-11)17-13(3)15-7-6-12(2)18-15/h6-7,11,13-14,17H,8-10H2,1-5H3. The first-order valence-corrected chi connectivity index (χ1v) is 7.18. The van der Waals surface area contributed by atoms with Crippen LogP contribution in [-0.2, 0) is 0 Å².